The Hall–Kier alpha value is -1.01. The van der Waals surface area contributed by atoms with Crippen molar-refractivity contribution in [3.05, 3.63) is 23.4 Å². The van der Waals surface area contributed by atoms with Gasteiger partial charge in [0.1, 0.15) is 5.75 Å². The summed E-state index contributed by atoms with van der Waals surface area (Å²) in [6.07, 6.45) is 1.74. The summed E-state index contributed by atoms with van der Waals surface area (Å²) in [5.74, 6) is 2.49. The molecule has 0 unspecified atom stereocenters. The van der Waals surface area contributed by atoms with Crippen LogP contribution < -0.4 is 0 Å². The molecule has 2 aromatic rings. The van der Waals surface area contributed by atoms with Gasteiger partial charge in [-0.2, -0.15) is 0 Å². The summed E-state index contributed by atoms with van der Waals surface area (Å²) in [5.41, 5.74) is 1.11. The van der Waals surface area contributed by atoms with Crippen molar-refractivity contribution in [3.63, 3.8) is 0 Å². The van der Waals surface area contributed by atoms with Crippen molar-refractivity contribution < 1.29 is 5.11 Å². The maximum absolute atomic E-state index is 9.51. The molecule has 2 heterocycles. The van der Waals surface area contributed by atoms with Gasteiger partial charge >= 0.3 is 0 Å². The van der Waals surface area contributed by atoms with E-state index in [9.17, 15) is 5.11 Å². The van der Waals surface area contributed by atoms with E-state index in [0.29, 0.717) is 5.75 Å². The molecule has 0 saturated carbocycles. The molecule has 2 nitrogen and oxygen atoms in total. The molecule has 0 aliphatic rings. The van der Waals surface area contributed by atoms with Crippen molar-refractivity contribution in [3.8, 4) is 5.75 Å². The fourth-order valence-electron chi connectivity index (χ4n) is 1.36. The fraction of sp³-hybridized carbons (Fsp3) is 0.222. The average molecular weight is 179 g/mol. The van der Waals surface area contributed by atoms with Crippen molar-refractivity contribution in [1.82, 2.24) is 4.57 Å². The molecule has 0 radical (unpaired) electrons. The van der Waals surface area contributed by atoms with E-state index in [1.165, 1.54) is 13.5 Å². The first-order valence-electron chi connectivity index (χ1n) is 3.79. The molecule has 0 aliphatic heterocycles. The Labute approximate surface area is 72.6 Å². The molecule has 0 amide bonds. The number of aryl methyl sites for hydroxylation is 2. The van der Waals surface area contributed by atoms with E-state index >= 15 is 0 Å². The lowest BCUT2D eigenvalue weighted by Gasteiger charge is -1.95. The van der Waals surface area contributed by atoms with Gasteiger partial charge in [0.25, 0.3) is 0 Å². The highest BCUT2D eigenvalue weighted by Gasteiger charge is 2.03. The van der Waals surface area contributed by atoms with Crippen LogP contribution in [-0.4, -0.2) is 9.67 Å². The molecular formula is C9H10NOP. The second-order valence-electron chi connectivity index (χ2n) is 2.97. The van der Waals surface area contributed by atoms with Crippen LogP contribution in [0.5, 0.6) is 5.75 Å². The standard InChI is InChI=1S/C9H10NOP/c1-6-3-7-8(5-12-6)10(2)4-9(7)11/h3-5,11H,1-2H3. The smallest absolute Gasteiger partial charge is 0.141 e. The molecule has 3 heteroatoms. The first-order chi connectivity index (χ1) is 5.68. The Morgan fingerprint density at radius 2 is 2.25 bits per heavy atom. The van der Waals surface area contributed by atoms with Crippen molar-refractivity contribution in [2.45, 2.75) is 6.92 Å². The molecule has 12 heavy (non-hydrogen) atoms. The summed E-state index contributed by atoms with van der Waals surface area (Å²) in [6, 6.07) is 2.03. The highest BCUT2D eigenvalue weighted by Crippen LogP contribution is 2.30. The third-order valence-corrected chi connectivity index (χ3v) is 2.90. The van der Waals surface area contributed by atoms with E-state index in [2.05, 4.69) is 12.7 Å². The SMILES string of the molecule is Cc1cc2c(O)cn(C)c2cp1. The zero-order valence-electron chi connectivity index (χ0n) is 7.07. The van der Waals surface area contributed by atoms with E-state index in [4.69, 9.17) is 0 Å². The van der Waals surface area contributed by atoms with Crippen molar-refractivity contribution >= 4 is 19.1 Å². The lowest BCUT2D eigenvalue weighted by molar-refractivity contribution is 0.479. The molecule has 0 fully saturated rings. The van der Waals surface area contributed by atoms with Crippen LogP contribution in [0.1, 0.15) is 5.30 Å². The Bertz CT molecular complexity index is 433. The number of rotatable bonds is 0. The lowest BCUT2D eigenvalue weighted by Crippen LogP contribution is -1.81. The molecule has 0 bridgehead atoms. The summed E-state index contributed by atoms with van der Waals surface area (Å²) < 4.78 is 1.95. The molecular weight excluding hydrogens is 169 g/mol. The Morgan fingerprint density at radius 3 is 3.00 bits per heavy atom. The second kappa shape index (κ2) is 2.49. The van der Waals surface area contributed by atoms with E-state index < -0.39 is 0 Å². The summed E-state index contributed by atoms with van der Waals surface area (Å²) >= 11 is 0. The minimum Gasteiger partial charge on any atom is -0.506 e. The number of nitrogens with zero attached hydrogens (tertiary/aromatic N) is 1. The van der Waals surface area contributed by atoms with Crippen molar-refractivity contribution in [2.75, 3.05) is 0 Å². The maximum atomic E-state index is 9.51. The van der Waals surface area contributed by atoms with E-state index in [1.807, 2.05) is 17.7 Å². The van der Waals surface area contributed by atoms with Gasteiger partial charge in [-0.25, -0.2) is 0 Å². The fourth-order valence-corrected chi connectivity index (χ4v) is 2.21. The quantitative estimate of drug-likeness (QED) is 0.660. The third-order valence-electron chi connectivity index (χ3n) is 1.99. The zero-order valence-corrected chi connectivity index (χ0v) is 7.97. The number of hydrogen-bond acceptors (Lipinski definition) is 1. The zero-order chi connectivity index (χ0) is 8.72. The monoisotopic (exact) mass is 179 g/mol. The molecule has 2 rings (SSSR count). The molecule has 0 saturated heterocycles. The Balaban J connectivity index is 2.90. The second-order valence-corrected chi connectivity index (χ2v) is 4.19. The summed E-state index contributed by atoms with van der Waals surface area (Å²) in [5, 5.41) is 11.7. The van der Waals surface area contributed by atoms with Gasteiger partial charge in [0.2, 0.25) is 0 Å². The van der Waals surface area contributed by atoms with Gasteiger partial charge in [-0.05, 0) is 24.1 Å². The van der Waals surface area contributed by atoms with E-state index in [1.54, 1.807) is 6.20 Å². The van der Waals surface area contributed by atoms with Gasteiger partial charge < -0.3 is 9.67 Å². The molecule has 62 valence electrons. The number of fused-ring (bicyclic) bond motifs is 1. The summed E-state index contributed by atoms with van der Waals surface area (Å²) in [7, 11) is 3.17. The van der Waals surface area contributed by atoms with Crippen molar-refractivity contribution in [2.24, 2.45) is 7.05 Å². The van der Waals surface area contributed by atoms with Gasteiger partial charge in [-0.15, -0.1) is 0 Å². The first kappa shape index (κ1) is 7.63. The van der Waals surface area contributed by atoms with Crippen LogP contribution in [0.2, 0.25) is 0 Å². The summed E-state index contributed by atoms with van der Waals surface area (Å²) in [4.78, 5) is 0. The summed E-state index contributed by atoms with van der Waals surface area (Å²) in [6.45, 7) is 2.06. The Morgan fingerprint density at radius 1 is 1.50 bits per heavy atom. The minimum atomic E-state index is 0.373. The van der Waals surface area contributed by atoms with E-state index in [-0.39, 0.29) is 0 Å². The molecule has 0 aliphatic carbocycles. The maximum Gasteiger partial charge on any atom is 0.141 e. The van der Waals surface area contributed by atoms with Crippen LogP contribution >= 0.6 is 8.19 Å². The number of aromatic nitrogens is 1. The van der Waals surface area contributed by atoms with Crippen LogP contribution in [0.15, 0.2) is 18.1 Å². The third kappa shape index (κ3) is 0.997. The van der Waals surface area contributed by atoms with Gasteiger partial charge in [0.05, 0.1) is 5.52 Å². The highest BCUT2D eigenvalue weighted by molar-refractivity contribution is 7.30. The average Bonchev–Trinajstić information content (AvgIpc) is 2.28. The Kier molecular flexibility index (Phi) is 1.59. The van der Waals surface area contributed by atoms with Crippen LogP contribution in [-0.2, 0) is 7.05 Å². The number of aromatic hydroxyl groups is 1. The van der Waals surface area contributed by atoms with Crippen LogP contribution in [0.4, 0.5) is 0 Å². The van der Waals surface area contributed by atoms with Crippen LogP contribution in [0.25, 0.3) is 10.9 Å². The van der Waals surface area contributed by atoms with Crippen LogP contribution in [0.3, 0.4) is 0 Å². The topological polar surface area (TPSA) is 25.2 Å². The van der Waals surface area contributed by atoms with Gasteiger partial charge in [-0.3, -0.25) is 0 Å². The predicted octanol–water partition coefficient (Wildman–Crippen LogP) is 2.77. The van der Waals surface area contributed by atoms with Crippen molar-refractivity contribution in [1.29, 1.82) is 0 Å². The van der Waals surface area contributed by atoms with Gasteiger partial charge in [0.15, 0.2) is 0 Å². The molecule has 0 spiro atoms. The van der Waals surface area contributed by atoms with Gasteiger partial charge in [-0.1, -0.05) is 8.19 Å². The number of hydrogen-bond donors (Lipinski definition) is 1. The molecule has 2 aromatic heterocycles. The van der Waals surface area contributed by atoms with E-state index in [0.717, 1.165) is 10.9 Å². The predicted molar refractivity (Wildman–Crippen MR) is 51.8 cm³/mol. The largest absolute Gasteiger partial charge is 0.506 e. The first-order valence-corrected chi connectivity index (χ1v) is 4.75. The highest BCUT2D eigenvalue weighted by atomic mass is 31.0. The lowest BCUT2D eigenvalue weighted by atomic mass is 10.3. The molecule has 0 atom stereocenters. The molecule has 0 aromatic carbocycles. The van der Waals surface area contributed by atoms with Gasteiger partial charge in [0, 0.05) is 18.6 Å². The van der Waals surface area contributed by atoms with Crippen LogP contribution in [0, 0.1) is 6.92 Å². The molecule has 1 N–H and O–H groups in total. The normalized spacial score (nSPS) is 11.5. The minimum absolute atomic E-state index is 0.373.